The minimum Gasteiger partial charge on any atom is -0.507 e. The summed E-state index contributed by atoms with van der Waals surface area (Å²) < 4.78 is 5.64. The third kappa shape index (κ3) is 2.90. The summed E-state index contributed by atoms with van der Waals surface area (Å²) in [6.07, 6.45) is 0. The molecule has 1 aliphatic heterocycles. The number of carbonyl (C=O) groups is 2. The van der Waals surface area contributed by atoms with Gasteiger partial charge in [-0.25, -0.2) is 0 Å². The van der Waals surface area contributed by atoms with Gasteiger partial charge >= 0.3 is 0 Å². The molecule has 2 amide bonds. The maximum Gasteiger partial charge on any atom is 0.289 e. The Morgan fingerprint density at radius 3 is 2.15 bits per heavy atom. The maximum atomic E-state index is 12.7. The van der Waals surface area contributed by atoms with Gasteiger partial charge in [0.1, 0.15) is 11.3 Å². The van der Waals surface area contributed by atoms with Gasteiger partial charge in [-0.2, -0.15) is 0 Å². The van der Waals surface area contributed by atoms with Crippen LogP contribution >= 0.6 is 0 Å². The van der Waals surface area contributed by atoms with Gasteiger partial charge in [0.05, 0.1) is 5.56 Å². The number of carbonyl (C=O) groups excluding carboxylic acids is 2. The molecule has 3 aromatic rings. The number of nitrogens with zero attached hydrogens (tertiary/aromatic N) is 2. The van der Waals surface area contributed by atoms with E-state index in [-0.39, 0.29) is 23.1 Å². The molecule has 6 heteroatoms. The number of phenols is 1. The van der Waals surface area contributed by atoms with Crippen molar-refractivity contribution in [2.75, 3.05) is 26.2 Å². The molecule has 26 heavy (non-hydrogen) atoms. The van der Waals surface area contributed by atoms with Gasteiger partial charge in [-0.05, 0) is 24.3 Å². The average molecular weight is 350 g/mol. The van der Waals surface area contributed by atoms with Crippen LogP contribution in [0.4, 0.5) is 0 Å². The number of rotatable bonds is 2. The minimum absolute atomic E-state index is 0.0294. The standard InChI is InChI=1S/C20H18N2O4/c23-16-7-3-2-6-15(16)19(24)21-9-11-22(12-10-21)20(25)18-13-14-5-1-4-8-17(14)26-18/h1-8,13,23H,9-12H2. The van der Waals surface area contributed by atoms with Gasteiger partial charge in [-0.3, -0.25) is 9.59 Å². The molecule has 6 nitrogen and oxygen atoms in total. The largest absolute Gasteiger partial charge is 0.507 e. The summed E-state index contributed by atoms with van der Waals surface area (Å²) in [6.45, 7) is 1.68. The summed E-state index contributed by atoms with van der Waals surface area (Å²) in [7, 11) is 0. The molecule has 0 saturated carbocycles. The Bertz CT molecular complexity index is 938. The highest BCUT2D eigenvalue weighted by Gasteiger charge is 2.28. The molecule has 0 aliphatic carbocycles. The molecular weight excluding hydrogens is 332 g/mol. The molecule has 1 aromatic heterocycles. The zero-order chi connectivity index (χ0) is 18.1. The van der Waals surface area contributed by atoms with Crippen molar-refractivity contribution in [3.8, 4) is 5.75 Å². The second kappa shape index (κ2) is 6.55. The van der Waals surface area contributed by atoms with Crippen LogP contribution in [0, 0.1) is 0 Å². The van der Waals surface area contributed by atoms with Crippen molar-refractivity contribution in [3.63, 3.8) is 0 Å². The number of fused-ring (bicyclic) bond motifs is 1. The van der Waals surface area contributed by atoms with Crippen molar-refractivity contribution in [2.45, 2.75) is 0 Å². The molecule has 1 saturated heterocycles. The first-order chi connectivity index (χ1) is 12.6. The molecule has 0 radical (unpaired) electrons. The third-order valence-corrected chi connectivity index (χ3v) is 4.62. The van der Waals surface area contributed by atoms with Crippen LogP contribution in [0.5, 0.6) is 5.75 Å². The van der Waals surface area contributed by atoms with Crippen molar-refractivity contribution in [1.29, 1.82) is 0 Å². The number of hydrogen-bond acceptors (Lipinski definition) is 4. The van der Waals surface area contributed by atoms with Crippen molar-refractivity contribution in [2.24, 2.45) is 0 Å². The molecule has 0 atom stereocenters. The summed E-state index contributed by atoms with van der Waals surface area (Å²) in [5.41, 5.74) is 0.966. The molecule has 0 unspecified atom stereocenters. The molecule has 0 bridgehead atoms. The molecule has 1 N–H and O–H groups in total. The van der Waals surface area contributed by atoms with Crippen LogP contribution in [-0.2, 0) is 0 Å². The Hall–Kier alpha value is -3.28. The van der Waals surface area contributed by atoms with E-state index < -0.39 is 0 Å². The summed E-state index contributed by atoms with van der Waals surface area (Å²) >= 11 is 0. The van der Waals surface area contributed by atoms with Gasteiger partial charge < -0.3 is 19.3 Å². The quantitative estimate of drug-likeness (QED) is 0.771. The fourth-order valence-electron chi connectivity index (χ4n) is 3.18. The number of aromatic hydroxyl groups is 1. The Labute approximate surface area is 150 Å². The highest BCUT2D eigenvalue weighted by Crippen LogP contribution is 2.22. The second-order valence-corrected chi connectivity index (χ2v) is 6.25. The molecule has 0 spiro atoms. The molecular formula is C20H18N2O4. The second-order valence-electron chi connectivity index (χ2n) is 6.25. The van der Waals surface area contributed by atoms with Gasteiger partial charge in [-0.15, -0.1) is 0 Å². The van der Waals surface area contributed by atoms with E-state index in [1.54, 1.807) is 34.1 Å². The number of hydrogen-bond donors (Lipinski definition) is 1. The number of para-hydroxylation sites is 2. The van der Waals surface area contributed by atoms with Crippen molar-refractivity contribution in [3.05, 3.63) is 65.9 Å². The topological polar surface area (TPSA) is 74.0 Å². The number of piperazine rings is 1. The van der Waals surface area contributed by atoms with Gasteiger partial charge in [0, 0.05) is 31.6 Å². The number of amides is 2. The number of benzene rings is 2. The van der Waals surface area contributed by atoms with Crippen LogP contribution in [-0.4, -0.2) is 52.9 Å². The van der Waals surface area contributed by atoms with E-state index in [0.717, 1.165) is 5.39 Å². The van der Waals surface area contributed by atoms with E-state index in [1.165, 1.54) is 6.07 Å². The zero-order valence-electron chi connectivity index (χ0n) is 14.1. The smallest absolute Gasteiger partial charge is 0.289 e. The monoisotopic (exact) mass is 350 g/mol. The average Bonchev–Trinajstić information content (AvgIpc) is 3.11. The SMILES string of the molecule is O=C(c1cc2ccccc2o1)N1CCN(C(=O)c2ccccc2O)CC1. The van der Waals surface area contributed by atoms with Gasteiger partial charge in [0.15, 0.2) is 5.76 Å². The van der Waals surface area contributed by atoms with Crippen LogP contribution in [0.2, 0.25) is 0 Å². The van der Waals surface area contributed by atoms with Gasteiger partial charge in [0.25, 0.3) is 11.8 Å². The Balaban J connectivity index is 1.44. The molecule has 1 aliphatic rings. The van der Waals surface area contributed by atoms with Crippen molar-refractivity contribution < 1.29 is 19.1 Å². The molecule has 2 aromatic carbocycles. The number of furan rings is 1. The fraction of sp³-hybridized carbons (Fsp3) is 0.200. The van der Waals surface area contributed by atoms with E-state index in [0.29, 0.717) is 37.5 Å². The first kappa shape index (κ1) is 16.2. The predicted molar refractivity (Wildman–Crippen MR) is 96.1 cm³/mol. The lowest BCUT2D eigenvalue weighted by molar-refractivity contribution is 0.0518. The first-order valence-corrected chi connectivity index (χ1v) is 8.48. The lowest BCUT2D eigenvalue weighted by Gasteiger charge is -2.34. The molecule has 1 fully saturated rings. The summed E-state index contributed by atoms with van der Waals surface area (Å²) in [5, 5.41) is 10.7. The van der Waals surface area contributed by atoms with Crippen LogP contribution in [0.1, 0.15) is 20.9 Å². The number of phenolic OH excluding ortho intramolecular Hbond substituents is 1. The van der Waals surface area contributed by atoms with Crippen LogP contribution < -0.4 is 0 Å². The highest BCUT2D eigenvalue weighted by atomic mass is 16.3. The van der Waals surface area contributed by atoms with Crippen molar-refractivity contribution >= 4 is 22.8 Å². The van der Waals surface area contributed by atoms with Gasteiger partial charge in [0.2, 0.25) is 0 Å². The Kier molecular flexibility index (Phi) is 4.08. The normalized spacial score (nSPS) is 14.6. The fourth-order valence-corrected chi connectivity index (χ4v) is 3.18. The summed E-state index contributed by atoms with van der Waals surface area (Å²) in [4.78, 5) is 28.5. The lowest BCUT2D eigenvalue weighted by Crippen LogP contribution is -2.50. The lowest BCUT2D eigenvalue weighted by atomic mass is 10.1. The van der Waals surface area contributed by atoms with Gasteiger partial charge in [-0.1, -0.05) is 30.3 Å². The van der Waals surface area contributed by atoms with Crippen LogP contribution in [0.3, 0.4) is 0 Å². The predicted octanol–water partition coefficient (Wildman–Crippen LogP) is 2.74. The highest BCUT2D eigenvalue weighted by molar-refractivity contribution is 5.98. The molecule has 4 rings (SSSR count). The Morgan fingerprint density at radius 1 is 0.846 bits per heavy atom. The maximum absolute atomic E-state index is 12.7. The van der Waals surface area contributed by atoms with E-state index in [9.17, 15) is 14.7 Å². The first-order valence-electron chi connectivity index (χ1n) is 8.48. The van der Waals surface area contributed by atoms with E-state index in [2.05, 4.69) is 0 Å². The Morgan fingerprint density at radius 2 is 1.46 bits per heavy atom. The minimum atomic E-state index is -0.223. The zero-order valence-corrected chi connectivity index (χ0v) is 14.1. The summed E-state index contributed by atoms with van der Waals surface area (Å²) in [6, 6.07) is 15.7. The van der Waals surface area contributed by atoms with Crippen LogP contribution in [0.25, 0.3) is 11.0 Å². The van der Waals surface area contributed by atoms with Crippen molar-refractivity contribution in [1.82, 2.24) is 9.80 Å². The third-order valence-electron chi connectivity index (χ3n) is 4.62. The summed E-state index contributed by atoms with van der Waals surface area (Å²) in [5.74, 6) is -0.111. The van der Waals surface area contributed by atoms with E-state index in [1.807, 2.05) is 24.3 Å². The molecule has 2 heterocycles. The van der Waals surface area contributed by atoms with Crippen LogP contribution in [0.15, 0.2) is 59.0 Å². The molecule has 132 valence electrons. The van der Waals surface area contributed by atoms with E-state index >= 15 is 0 Å². The van der Waals surface area contributed by atoms with E-state index in [4.69, 9.17) is 4.42 Å².